The third-order valence-corrected chi connectivity index (χ3v) is 6.01. The maximum atomic E-state index is 12.5. The van der Waals surface area contributed by atoms with Crippen molar-refractivity contribution in [2.75, 3.05) is 29.9 Å². The summed E-state index contributed by atoms with van der Waals surface area (Å²) in [6, 6.07) is 27.4. The molecule has 1 amide bonds. The number of hydrogen-bond donors (Lipinski definition) is 1. The zero-order chi connectivity index (χ0) is 24.2. The van der Waals surface area contributed by atoms with Gasteiger partial charge in [-0.25, -0.2) is 4.98 Å². The van der Waals surface area contributed by atoms with Crippen LogP contribution in [0.4, 0.5) is 11.4 Å². The quantitative estimate of drug-likeness (QED) is 0.283. The van der Waals surface area contributed by atoms with Gasteiger partial charge in [-0.3, -0.25) is 4.79 Å². The second kappa shape index (κ2) is 9.89. The van der Waals surface area contributed by atoms with Crippen LogP contribution >= 0.6 is 0 Å². The number of carbonyl (C=O) groups is 1. The number of anilines is 2. The van der Waals surface area contributed by atoms with Gasteiger partial charge in [0.05, 0.1) is 0 Å². The van der Waals surface area contributed by atoms with E-state index in [-0.39, 0.29) is 12.5 Å². The Morgan fingerprint density at radius 3 is 2.46 bits per heavy atom. The van der Waals surface area contributed by atoms with E-state index in [1.807, 2.05) is 60.7 Å². The molecular formula is C29H27N3O3. The standard InChI is InChI=1S/C29H27N3O3/c1-3-32(4-2)24-13-9-21(10-14-24)29-31-26-18-23(12-16-27(26)35-29)30-28(33)19-34-25-15-11-20-7-5-6-8-22(20)17-25/h5-18H,3-4,19H2,1-2H3,(H,30,33). The molecule has 0 aliphatic rings. The average molecular weight is 466 g/mol. The average Bonchev–Trinajstić information content (AvgIpc) is 3.32. The van der Waals surface area contributed by atoms with Crippen molar-refractivity contribution >= 4 is 39.2 Å². The molecule has 176 valence electrons. The lowest BCUT2D eigenvalue weighted by Crippen LogP contribution is -2.21. The van der Waals surface area contributed by atoms with Gasteiger partial charge in [0.15, 0.2) is 12.2 Å². The van der Waals surface area contributed by atoms with E-state index < -0.39 is 0 Å². The van der Waals surface area contributed by atoms with E-state index in [1.54, 1.807) is 12.1 Å². The number of ether oxygens (including phenoxy) is 1. The first kappa shape index (κ1) is 22.5. The summed E-state index contributed by atoms with van der Waals surface area (Å²) in [7, 11) is 0. The van der Waals surface area contributed by atoms with Crippen LogP contribution in [0.5, 0.6) is 5.75 Å². The van der Waals surface area contributed by atoms with Crippen molar-refractivity contribution in [1.82, 2.24) is 4.98 Å². The Balaban J connectivity index is 1.25. The molecule has 35 heavy (non-hydrogen) atoms. The minimum Gasteiger partial charge on any atom is -0.484 e. The van der Waals surface area contributed by atoms with Crippen molar-refractivity contribution < 1.29 is 13.9 Å². The summed E-state index contributed by atoms with van der Waals surface area (Å²) in [6.07, 6.45) is 0. The Bertz CT molecular complexity index is 1470. The second-order valence-corrected chi connectivity index (χ2v) is 8.27. The monoisotopic (exact) mass is 465 g/mol. The molecule has 0 atom stereocenters. The molecule has 1 aromatic heterocycles. The molecule has 0 bridgehead atoms. The highest BCUT2D eigenvalue weighted by Gasteiger charge is 2.11. The molecule has 0 saturated heterocycles. The normalized spacial score (nSPS) is 11.0. The summed E-state index contributed by atoms with van der Waals surface area (Å²) >= 11 is 0. The Morgan fingerprint density at radius 1 is 0.914 bits per heavy atom. The molecule has 0 saturated carbocycles. The van der Waals surface area contributed by atoms with E-state index >= 15 is 0 Å². The fourth-order valence-corrected chi connectivity index (χ4v) is 4.14. The predicted molar refractivity (Wildman–Crippen MR) is 141 cm³/mol. The molecule has 0 spiro atoms. The molecule has 5 rings (SSSR count). The molecule has 6 nitrogen and oxygen atoms in total. The van der Waals surface area contributed by atoms with Crippen molar-refractivity contribution in [3.8, 4) is 17.2 Å². The maximum absolute atomic E-state index is 12.5. The zero-order valence-electron chi connectivity index (χ0n) is 19.8. The van der Waals surface area contributed by atoms with Crippen molar-refractivity contribution in [2.24, 2.45) is 0 Å². The van der Waals surface area contributed by atoms with E-state index in [9.17, 15) is 4.79 Å². The first-order valence-corrected chi connectivity index (χ1v) is 11.8. The minimum atomic E-state index is -0.242. The van der Waals surface area contributed by atoms with E-state index in [1.165, 1.54) is 5.69 Å². The lowest BCUT2D eigenvalue weighted by atomic mass is 10.1. The maximum Gasteiger partial charge on any atom is 0.262 e. The first-order chi connectivity index (χ1) is 17.1. The Kier molecular flexibility index (Phi) is 6.35. The summed E-state index contributed by atoms with van der Waals surface area (Å²) in [6.45, 7) is 6.12. The van der Waals surface area contributed by atoms with Crippen LogP contribution in [0.25, 0.3) is 33.3 Å². The number of amides is 1. The van der Waals surface area contributed by atoms with Gasteiger partial charge in [-0.15, -0.1) is 0 Å². The third-order valence-electron chi connectivity index (χ3n) is 6.01. The zero-order valence-corrected chi connectivity index (χ0v) is 19.8. The fourth-order valence-electron chi connectivity index (χ4n) is 4.14. The summed E-state index contributed by atoms with van der Waals surface area (Å²) < 4.78 is 11.6. The molecule has 0 unspecified atom stereocenters. The molecule has 1 N–H and O–H groups in total. The van der Waals surface area contributed by atoms with Crippen LogP contribution in [0.15, 0.2) is 89.3 Å². The van der Waals surface area contributed by atoms with Gasteiger partial charge in [0.1, 0.15) is 11.3 Å². The highest BCUT2D eigenvalue weighted by molar-refractivity contribution is 5.94. The second-order valence-electron chi connectivity index (χ2n) is 8.27. The summed E-state index contributed by atoms with van der Waals surface area (Å²) in [5.74, 6) is 0.963. The minimum absolute atomic E-state index is 0.0840. The van der Waals surface area contributed by atoms with Gasteiger partial charge in [0.25, 0.3) is 5.91 Å². The van der Waals surface area contributed by atoms with Crippen LogP contribution < -0.4 is 15.0 Å². The van der Waals surface area contributed by atoms with Crippen molar-refractivity contribution in [2.45, 2.75) is 13.8 Å². The molecule has 6 heteroatoms. The highest BCUT2D eigenvalue weighted by Crippen LogP contribution is 2.28. The number of carbonyl (C=O) groups excluding carboxylic acids is 1. The van der Waals surface area contributed by atoms with Crippen molar-refractivity contribution in [1.29, 1.82) is 0 Å². The van der Waals surface area contributed by atoms with E-state index in [2.05, 4.69) is 41.2 Å². The van der Waals surface area contributed by atoms with E-state index in [0.717, 1.165) is 29.4 Å². The molecule has 0 radical (unpaired) electrons. The number of nitrogens with one attached hydrogen (secondary N) is 1. The van der Waals surface area contributed by atoms with Crippen molar-refractivity contribution in [3.63, 3.8) is 0 Å². The summed E-state index contributed by atoms with van der Waals surface area (Å²) in [4.78, 5) is 19.4. The molecule has 5 aromatic rings. The number of hydrogen-bond acceptors (Lipinski definition) is 5. The van der Waals surface area contributed by atoms with Gasteiger partial charge in [0, 0.05) is 30.0 Å². The Labute approximate surface area is 204 Å². The fraction of sp³-hybridized carbons (Fsp3) is 0.172. The van der Waals surface area contributed by atoms with Gasteiger partial charge in [0.2, 0.25) is 5.89 Å². The van der Waals surface area contributed by atoms with Crippen LogP contribution in [0.2, 0.25) is 0 Å². The van der Waals surface area contributed by atoms with E-state index in [0.29, 0.717) is 28.4 Å². The van der Waals surface area contributed by atoms with Gasteiger partial charge in [-0.05, 0) is 79.2 Å². The van der Waals surface area contributed by atoms with Crippen LogP contribution in [-0.4, -0.2) is 30.6 Å². The number of rotatable bonds is 8. The lowest BCUT2D eigenvalue weighted by molar-refractivity contribution is -0.118. The Morgan fingerprint density at radius 2 is 1.69 bits per heavy atom. The summed E-state index contributed by atoms with van der Waals surface area (Å²) in [5.41, 5.74) is 4.07. The van der Waals surface area contributed by atoms with Crippen LogP contribution in [-0.2, 0) is 4.79 Å². The van der Waals surface area contributed by atoms with Crippen LogP contribution in [0.3, 0.4) is 0 Å². The number of aromatic nitrogens is 1. The third kappa shape index (κ3) is 4.96. The number of nitrogens with zero attached hydrogens (tertiary/aromatic N) is 2. The summed E-state index contributed by atoms with van der Waals surface area (Å²) in [5, 5.41) is 5.07. The van der Waals surface area contributed by atoms with Gasteiger partial charge in [-0.1, -0.05) is 30.3 Å². The van der Waals surface area contributed by atoms with Crippen molar-refractivity contribution in [3.05, 3.63) is 84.9 Å². The molecule has 0 aliphatic heterocycles. The molecular weight excluding hydrogens is 438 g/mol. The predicted octanol–water partition coefficient (Wildman–Crippen LogP) is 6.51. The van der Waals surface area contributed by atoms with Gasteiger partial charge >= 0.3 is 0 Å². The largest absolute Gasteiger partial charge is 0.484 e. The lowest BCUT2D eigenvalue weighted by Gasteiger charge is -2.20. The number of fused-ring (bicyclic) bond motifs is 2. The van der Waals surface area contributed by atoms with Crippen LogP contribution in [0.1, 0.15) is 13.8 Å². The molecule has 0 fully saturated rings. The molecule has 4 aromatic carbocycles. The molecule has 0 aliphatic carbocycles. The SMILES string of the molecule is CCN(CC)c1ccc(-c2nc3cc(NC(=O)COc4ccc5ccccc5c4)ccc3o2)cc1. The number of benzene rings is 4. The smallest absolute Gasteiger partial charge is 0.262 e. The molecule has 1 heterocycles. The van der Waals surface area contributed by atoms with Gasteiger partial charge in [-0.2, -0.15) is 0 Å². The van der Waals surface area contributed by atoms with E-state index in [4.69, 9.17) is 9.15 Å². The number of oxazole rings is 1. The topological polar surface area (TPSA) is 67.6 Å². The highest BCUT2D eigenvalue weighted by atomic mass is 16.5. The van der Waals surface area contributed by atoms with Gasteiger partial charge < -0.3 is 19.4 Å². The Hall–Kier alpha value is -4.32. The van der Waals surface area contributed by atoms with Crippen LogP contribution in [0, 0.1) is 0 Å². The first-order valence-electron chi connectivity index (χ1n) is 11.8.